The standard InChI is InChI=1S/C24H40O2/c1-4-6-8-10-11-13-18-22(17-12-9-7-5-2)20-24(25)26-23-19-15-14-16-21(23)3/h14-16,19,22H,4-13,17-18,20H2,1-3H3. The molecular formula is C24H40O2. The summed E-state index contributed by atoms with van der Waals surface area (Å²) in [6.45, 7) is 6.49. The first-order valence-electron chi connectivity index (χ1n) is 10.9. The smallest absolute Gasteiger partial charge is 0.311 e. The van der Waals surface area contributed by atoms with Crippen LogP contribution in [0.3, 0.4) is 0 Å². The fourth-order valence-electron chi connectivity index (χ4n) is 3.49. The maximum atomic E-state index is 12.4. The molecule has 0 aliphatic heterocycles. The maximum absolute atomic E-state index is 12.4. The summed E-state index contributed by atoms with van der Waals surface area (Å²) in [6.07, 6.45) is 15.9. The zero-order chi connectivity index (χ0) is 19.0. The van der Waals surface area contributed by atoms with Crippen LogP contribution in [-0.2, 0) is 4.79 Å². The quantitative estimate of drug-likeness (QED) is 0.182. The molecule has 2 nitrogen and oxygen atoms in total. The van der Waals surface area contributed by atoms with Crippen LogP contribution in [-0.4, -0.2) is 5.97 Å². The summed E-state index contributed by atoms with van der Waals surface area (Å²) >= 11 is 0. The van der Waals surface area contributed by atoms with Gasteiger partial charge in [-0.25, -0.2) is 0 Å². The van der Waals surface area contributed by atoms with E-state index in [2.05, 4.69) is 13.8 Å². The Bertz CT molecular complexity index is 481. The van der Waals surface area contributed by atoms with Crippen LogP contribution in [0.25, 0.3) is 0 Å². The summed E-state index contributed by atoms with van der Waals surface area (Å²) in [5.41, 5.74) is 1.02. The molecule has 1 aromatic rings. The number of unbranched alkanes of at least 4 members (excludes halogenated alkanes) is 8. The van der Waals surface area contributed by atoms with Gasteiger partial charge in [-0.15, -0.1) is 0 Å². The highest BCUT2D eigenvalue weighted by atomic mass is 16.5. The molecule has 0 fully saturated rings. The van der Waals surface area contributed by atoms with Crippen molar-refractivity contribution in [3.8, 4) is 5.75 Å². The molecule has 1 rings (SSSR count). The first-order chi connectivity index (χ1) is 12.7. The highest BCUT2D eigenvalue weighted by Crippen LogP contribution is 2.24. The first-order valence-corrected chi connectivity index (χ1v) is 10.9. The molecular weight excluding hydrogens is 320 g/mol. The molecule has 0 aliphatic carbocycles. The third-order valence-electron chi connectivity index (χ3n) is 5.20. The molecule has 2 heteroatoms. The number of benzene rings is 1. The van der Waals surface area contributed by atoms with Crippen molar-refractivity contribution in [3.05, 3.63) is 29.8 Å². The molecule has 0 spiro atoms. The van der Waals surface area contributed by atoms with Crippen molar-refractivity contribution in [2.24, 2.45) is 5.92 Å². The van der Waals surface area contributed by atoms with Crippen molar-refractivity contribution in [2.75, 3.05) is 0 Å². The van der Waals surface area contributed by atoms with Crippen molar-refractivity contribution < 1.29 is 9.53 Å². The Labute approximate surface area is 161 Å². The van der Waals surface area contributed by atoms with Gasteiger partial charge in [0.2, 0.25) is 0 Å². The number of esters is 1. The minimum Gasteiger partial charge on any atom is -0.426 e. The lowest BCUT2D eigenvalue weighted by Gasteiger charge is -2.16. The van der Waals surface area contributed by atoms with Gasteiger partial charge in [0.25, 0.3) is 0 Å². The monoisotopic (exact) mass is 360 g/mol. The Morgan fingerprint density at radius 3 is 2.00 bits per heavy atom. The highest BCUT2D eigenvalue weighted by Gasteiger charge is 2.16. The average Bonchev–Trinajstić information content (AvgIpc) is 2.63. The molecule has 0 amide bonds. The van der Waals surface area contributed by atoms with Gasteiger partial charge in [0.15, 0.2) is 0 Å². The van der Waals surface area contributed by atoms with Gasteiger partial charge in [-0.1, -0.05) is 96.3 Å². The number of carbonyl (C=O) groups is 1. The number of ether oxygens (including phenoxy) is 1. The topological polar surface area (TPSA) is 26.3 Å². The van der Waals surface area contributed by atoms with Gasteiger partial charge >= 0.3 is 5.97 Å². The van der Waals surface area contributed by atoms with E-state index < -0.39 is 0 Å². The fraction of sp³-hybridized carbons (Fsp3) is 0.708. The number of para-hydroxylation sites is 1. The third kappa shape index (κ3) is 10.6. The molecule has 0 bridgehead atoms. The molecule has 0 aromatic heterocycles. The molecule has 1 unspecified atom stereocenters. The number of aryl methyl sites for hydroxylation is 1. The van der Waals surface area contributed by atoms with E-state index in [0.717, 1.165) is 12.0 Å². The lowest BCUT2D eigenvalue weighted by Crippen LogP contribution is -2.15. The van der Waals surface area contributed by atoms with Crippen molar-refractivity contribution >= 4 is 5.97 Å². The summed E-state index contributed by atoms with van der Waals surface area (Å²) < 4.78 is 5.62. The van der Waals surface area contributed by atoms with Gasteiger partial charge in [-0.3, -0.25) is 4.79 Å². The van der Waals surface area contributed by atoms with Crippen LogP contribution in [0.5, 0.6) is 5.75 Å². The second kappa shape index (κ2) is 14.8. The molecule has 0 heterocycles. The van der Waals surface area contributed by atoms with Gasteiger partial charge in [-0.2, -0.15) is 0 Å². The second-order valence-corrected chi connectivity index (χ2v) is 7.72. The Balaban J connectivity index is 2.40. The summed E-state index contributed by atoms with van der Waals surface area (Å²) in [7, 11) is 0. The van der Waals surface area contributed by atoms with Crippen LogP contribution in [0.2, 0.25) is 0 Å². The van der Waals surface area contributed by atoms with Gasteiger partial charge in [-0.05, 0) is 37.3 Å². The van der Waals surface area contributed by atoms with Gasteiger partial charge in [0.1, 0.15) is 5.75 Å². The van der Waals surface area contributed by atoms with E-state index in [1.54, 1.807) is 0 Å². The van der Waals surface area contributed by atoms with E-state index >= 15 is 0 Å². The number of hydrogen-bond donors (Lipinski definition) is 0. The Hall–Kier alpha value is -1.31. The predicted molar refractivity (Wildman–Crippen MR) is 112 cm³/mol. The van der Waals surface area contributed by atoms with Crippen molar-refractivity contribution in [1.82, 2.24) is 0 Å². The van der Waals surface area contributed by atoms with E-state index in [1.807, 2.05) is 31.2 Å². The Morgan fingerprint density at radius 2 is 1.38 bits per heavy atom. The first kappa shape index (κ1) is 22.7. The summed E-state index contributed by atoms with van der Waals surface area (Å²) in [5, 5.41) is 0. The average molecular weight is 361 g/mol. The highest BCUT2D eigenvalue weighted by molar-refractivity contribution is 5.73. The molecule has 1 aromatic carbocycles. The number of carbonyl (C=O) groups excluding carboxylic acids is 1. The van der Waals surface area contributed by atoms with Crippen LogP contribution in [0.15, 0.2) is 24.3 Å². The zero-order valence-corrected chi connectivity index (χ0v) is 17.4. The molecule has 0 saturated carbocycles. The van der Waals surface area contributed by atoms with Crippen molar-refractivity contribution in [1.29, 1.82) is 0 Å². The Morgan fingerprint density at radius 1 is 0.846 bits per heavy atom. The van der Waals surface area contributed by atoms with E-state index in [-0.39, 0.29) is 5.97 Å². The van der Waals surface area contributed by atoms with Crippen molar-refractivity contribution in [2.45, 2.75) is 104 Å². The Kier molecular flexibility index (Phi) is 13.0. The normalized spacial score (nSPS) is 12.1. The van der Waals surface area contributed by atoms with E-state index in [4.69, 9.17) is 4.74 Å². The second-order valence-electron chi connectivity index (χ2n) is 7.72. The maximum Gasteiger partial charge on any atom is 0.311 e. The number of rotatable bonds is 15. The third-order valence-corrected chi connectivity index (χ3v) is 5.20. The number of hydrogen-bond acceptors (Lipinski definition) is 2. The van der Waals surface area contributed by atoms with E-state index in [9.17, 15) is 4.79 Å². The van der Waals surface area contributed by atoms with Gasteiger partial charge in [0.05, 0.1) is 0 Å². The summed E-state index contributed by atoms with van der Waals surface area (Å²) in [4.78, 5) is 12.4. The van der Waals surface area contributed by atoms with Crippen LogP contribution < -0.4 is 4.74 Å². The fourth-order valence-corrected chi connectivity index (χ4v) is 3.49. The lowest BCUT2D eigenvalue weighted by molar-refractivity contribution is -0.135. The van der Waals surface area contributed by atoms with Crippen LogP contribution in [0.1, 0.15) is 103 Å². The predicted octanol–water partition coefficient (Wildman–Crippen LogP) is 7.63. The van der Waals surface area contributed by atoms with E-state index in [1.165, 1.54) is 70.6 Å². The zero-order valence-electron chi connectivity index (χ0n) is 17.4. The molecule has 148 valence electrons. The molecule has 26 heavy (non-hydrogen) atoms. The molecule has 1 atom stereocenters. The minimum absolute atomic E-state index is 0.0641. The van der Waals surface area contributed by atoms with Gasteiger partial charge < -0.3 is 4.74 Å². The van der Waals surface area contributed by atoms with Crippen LogP contribution in [0, 0.1) is 12.8 Å². The molecule has 0 radical (unpaired) electrons. The minimum atomic E-state index is -0.0641. The van der Waals surface area contributed by atoms with E-state index in [0.29, 0.717) is 18.1 Å². The largest absolute Gasteiger partial charge is 0.426 e. The summed E-state index contributed by atoms with van der Waals surface area (Å²) in [6, 6.07) is 7.77. The molecule has 0 N–H and O–H groups in total. The molecule has 0 saturated heterocycles. The summed E-state index contributed by atoms with van der Waals surface area (Å²) in [5.74, 6) is 1.13. The van der Waals surface area contributed by atoms with Crippen LogP contribution >= 0.6 is 0 Å². The van der Waals surface area contributed by atoms with Crippen molar-refractivity contribution in [3.63, 3.8) is 0 Å². The SMILES string of the molecule is CCCCCCCCC(CCCCCC)CC(=O)Oc1ccccc1C. The lowest BCUT2D eigenvalue weighted by atomic mass is 9.91. The molecule has 0 aliphatic rings. The van der Waals surface area contributed by atoms with Gasteiger partial charge in [0, 0.05) is 6.42 Å². The van der Waals surface area contributed by atoms with Crippen LogP contribution in [0.4, 0.5) is 0 Å².